The van der Waals surface area contributed by atoms with Crippen LogP contribution < -0.4 is 47.7 Å². The number of benzene rings is 9. The topological polar surface area (TPSA) is 0 Å². The minimum Gasteiger partial charge on any atom is -0.358 e. The van der Waals surface area contributed by atoms with Crippen LogP contribution in [0.4, 0.5) is 0 Å². The third-order valence-corrected chi connectivity index (χ3v) is 17.8. The van der Waals surface area contributed by atoms with Crippen LogP contribution in [0.25, 0.3) is 0 Å². The van der Waals surface area contributed by atoms with E-state index in [4.69, 9.17) is 0 Å². The van der Waals surface area contributed by atoms with E-state index in [0.29, 0.717) is 0 Å². The van der Waals surface area contributed by atoms with Crippen molar-refractivity contribution < 1.29 is 22.4 Å². The summed E-state index contributed by atoms with van der Waals surface area (Å²) in [5, 5.41) is 12.9. The Morgan fingerprint density at radius 2 is 0.237 bits per heavy atom. The van der Waals surface area contributed by atoms with Gasteiger partial charge in [-0.2, -0.15) is 0 Å². The van der Waals surface area contributed by atoms with Gasteiger partial charge in [0.1, 0.15) is 47.7 Å². The van der Waals surface area contributed by atoms with Gasteiger partial charge >= 0.3 is 22.4 Å². The smallest absolute Gasteiger partial charge is 0.358 e. The Kier molecular flexibility index (Phi) is 19.0. The van der Waals surface area contributed by atoms with E-state index in [9.17, 15) is 0 Å². The predicted octanol–water partition coefficient (Wildman–Crippen LogP) is 9.98. The summed E-state index contributed by atoms with van der Waals surface area (Å²) < 4.78 is 0. The van der Waals surface area contributed by atoms with Crippen LogP contribution in [0.5, 0.6) is 0 Å². The summed E-state index contributed by atoms with van der Waals surface area (Å²) in [6, 6.07) is 97.5. The molecule has 9 aromatic carbocycles. The first kappa shape index (κ1) is 45.1. The van der Waals surface area contributed by atoms with Crippen molar-refractivity contribution in [3.8, 4) is 0 Å². The molecule has 0 aliphatic carbocycles. The van der Waals surface area contributed by atoms with Crippen molar-refractivity contribution in [3.05, 3.63) is 280 Å². The van der Waals surface area contributed by atoms with Gasteiger partial charge in [-0.15, -0.1) is 0 Å². The summed E-state index contributed by atoms with van der Waals surface area (Å²) in [6.07, 6.45) is 0. The number of rotatable bonds is 9. The molecular formula is C55H51AuP3+3. The maximum Gasteiger partial charge on any atom is 1.00 e. The quantitative estimate of drug-likeness (QED) is 0.0768. The van der Waals surface area contributed by atoms with Gasteiger partial charge in [-0.25, -0.2) is 0 Å². The summed E-state index contributed by atoms with van der Waals surface area (Å²) in [7, 11) is -2.63. The van der Waals surface area contributed by atoms with Gasteiger partial charge in [0.25, 0.3) is 0 Å². The van der Waals surface area contributed by atoms with Gasteiger partial charge in [0.15, 0.2) is 0 Å². The van der Waals surface area contributed by atoms with Gasteiger partial charge in [-0.3, -0.25) is 0 Å². The Morgan fingerprint density at radius 3 is 0.322 bits per heavy atom. The molecule has 9 aromatic rings. The van der Waals surface area contributed by atoms with E-state index in [1.165, 1.54) is 47.7 Å². The van der Waals surface area contributed by atoms with E-state index < -0.39 is 23.8 Å². The molecule has 0 nitrogen and oxygen atoms in total. The van der Waals surface area contributed by atoms with Gasteiger partial charge < -0.3 is 7.43 Å². The molecule has 0 heterocycles. The van der Waals surface area contributed by atoms with Crippen LogP contribution in [0.2, 0.25) is 0 Å². The fourth-order valence-electron chi connectivity index (χ4n) is 6.94. The zero-order valence-electron chi connectivity index (χ0n) is 33.3. The van der Waals surface area contributed by atoms with Crippen LogP contribution in [-0.4, -0.2) is 0 Å². The molecule has 0 amide bonds. The van der Waals surface area contributed by atoms with Crippen molar-refractivity contribution in [1.82, 2.24) is 0 Å². The van der Waals surface area contributed by atoms with Crippen LogP contribution in [0.1, 0.15) is 0 Å². The van der Waals surface area contributed by atoms with Gasteiger partial charge in [0, 0.05) is 0 Å². The van der Waals surface area contributed by atoms with E-state index in [2.05, 4.69) is 273 Å². The zero-order chi connectivity index (χ0) is 38.7. The molecule has 0 aliphatic rings. The first-order valence-electron chi connectivity index (χ1n) is 19.4. The van der Waals surface area contributed by atoms with Crippen molar-refractivity contribution in [3.63, 3.8) is 0 Å². The predicted molar refractivity (Wildman–Crippen MR) is 266 cm³/mol. The fraction of sp³-hybridized carbons (Fsp3) is 0. The maximum absolute atomic E-state index is 2.24. The molecule has 0 atom stereocenters. The van der Waals surface area contributed by atoms with Crippen molar-refractivity contribution >= 4 is 71.5 Å². The molecule has 0 fully saturated rings. The van der Waals surface area contributed by atoms with Crippen molar-refractivity contribution in [2.24, 2.45) is 0 Å². The molecule has 0 saturated carbocycles. The number of hydrogen-bond donors (Lipinski definition) is 0. The molecule has 0 bridgehead atoms. The minimum atomic E-state index is -0.877. The van der Waals surface area contributed by atoms with Gasteiger partial charge in [-0.1, -0.05) is 164 Å². The van der Waals surface area contributed by atoms with Gasteiger partial charge in [0.2, 0.25) is 0 Å². The summed E-state index contributed by atoms with van der Waals surface area (Å²) in [6.45, 7) is 0. The monoisotopic (exact) mass is 1000 g/mol. The van der Waals surface area contributed by atoms with Crippen LogP contribution in [0, 0.1) is 7.43 Å². The first-order valence-corrected chi connectivity index (χ1v) is 23.9. The molecule has 0 N–H and O–H groups in total. The molecular weight excluding hydrogens is 950 g/mol. The molecule has 294 valence electrons. The molecule has 4 heteroatoms. The van der Waals surface area contributed by atoms with Crippen molar-refractivity contribution in [1.29, 1.82) is 0 Å². The normalized spacial score (nSPS) is 10.2. The Morgan fingerprint density at radius 1 is 0.153 bits per heavy atom. The molecule has 59 heavy (non-hydrogen) atoms. The first-order chi connectivity index (χ1) is 28.3. The van der Waals surface area contributed by atoms with E-state index in [1.54, 1.807) is 0 Å². The Balaban J connectivity index is 0.000000165. The zero-order valence-corrected chi connectivity index (χ0v) is 38.4. The van der Waals surface area contributed by atoms with Crippen molar-refractivity contribution in [2.75, 3.05) is 0 Å². The maximum atomic E-state index is 2.24. The fourth-order valence-corrected chi connectivity index (χ4v) is 14.7. The van der Waals surface area contributed by atoms with Gasteiger partial charge in [0.05, 0.1) is 23.8 Å². The van der Waals surface area contributed by atoms with E-state index >= 15 is 0 Å². The minimum absolute atomic E-state index is 0. The van der Waals surface area contributed by atoms with E-state index in [-0.39, 0.29) is 29.8 Å². The molecule has 0 radical (unpaired) electrons. The third kappa shape index (κ3) is 13.0. The molecule has 0 saturated heterocycles. The largest absolute Gasteiger partial charge is 1.00 e. The second kappa shape index (κ2) is 24.8. The van der Waals surface area contributed by atoms with Crippen LogP contribution in [0.3, 0.4) is 0 Å². The third-order valence-electron chi connectivity index (χ3n) is 9.56. The average Bonchev–Trinajstić information content (AvgIpc) is 3.30. The molecule has 9 rings (SSSR count). The van der Waals surface area contributed by atoms with Crippen molar-refractivity contribution in [2.45, 2.75) is 0 Å². The van der Waals surface area contributed by atoms with Crippen LogP contribution in [-0.2, 0) is 22.4 Å². The van der Waals surface area contributed by atoms with Crippen LogP contribution in [0.15, 0.2) is 273 Å². The Hall–Kier alpha value is -4.99. The van der Waals surface area contributed by atoms with E-state index in [1.807, 2.05) is 0 Å². The second-order valence-corrected chi connectivity index (χ2v) is 20.9. The second-order valence-electron chi connectivity index (χ2n) is 13.4. The molecule has 0 aliphatic heterocycles. The Bertz CT molecular complexity index is 1860. The summed E-state index contributed by atoms with van der Waals surface area (Å²) in [5.41, 5.74) is 0. The van der Waals surface area contributed by atoms with Gasteiger partial charge in [-0.05, 0) is 109 Å². The average molecular weight is 1000 g/mol. The molecule has 0 unspecified atom stereocenters. The molecule has 0 aromatic heterocycles. The number of hydrogen-bond acceptors (Lipinski definition) is 0. The molecule has 0 spiro atoms. The van der Waals surface area contributed by atoms with Crippen LogP contribution >= 0.6 is 23.8 Å². The SMILES string of the molecule is [Au+].[CH3-].c1ccc([PH+](c2ccccc2)c2ccccc2)cc1.c1ccc([PH+](c2ccccc2)c2ccccc2)cc1.c1ccc([PH+](c2ccccc2)c2ccccc2)cc1. The van der Waals surface area contributed by atoms with E-state index in [0.717, 1.165) is 0 Å². The summed E-state index contributed by atoms with van der Waals surface area (Å²) >= 11 is 0. The summed E-state index contributed by atoms with van der Waals surface area (Å²) in [4.78, 5) is 0. The standard InChI is InChI=1S/3C18H15P.CH3.Au/c3*1-4-10-16(11-5-1)19(17-12-6-2-7-13-17)18-14-8-3-9-15-18;;/h3*1-15H;1H3;/q;;;-1;+1/p+3. The summed E-state index contributed by atoms with van der Waals surface area (Å²) in [5.74, 6) is 0. The Labute approximate surface area is 371 Å².